The van der Waals surface area contributed by atoms with Gasteiger partial charge < -0.3 is 10.4 Å². The van der Waals surface area contributed by atoms with Crippen LogP contribution in [0.25, 0.3) is 0 Å². The maximum absolute atomic E-state index is 8.84. The van der Waals surface area contributed by atoms with Crippen molar-refractivity contribution in [3.8, 4) is 0 Å². The highest BCUT2D eigenvalue weighted by atomic mass is 35.5. The minimum Gasteiger partial charge on any atom is -0.394 e. The van der Waals surface area contributed by atoms with Gasteiger partial charge >= 0.3 is 0 Å². The molecule has 0 saturated carbocycles. The van der Waals surface area contributed by atoms with Crippen LogP contribution in [0.5, 0.6) is 0 Å². The number of halogens is 1. The maximum atomic E-state index is 8.84. The van der Waals surface area contributed by atoms with Crippen molar-refractivity contribution in [3.05, 3.63) is 30.2 Å². The van der Waals surface area contributed by atoms with Gasteiger partial charge in [0.1, 0.15) is 11.0 Å². The fourth-order valence-electron chi connectivity index (χ4n) is 0.781. The first-order valence-electron chi connectivity index (χ1n) is 3.73. The molecule has 4 nitrogen and oxygen atoms in total. The molecule has 0 aliphatic carbocycles. The molecule has 1 rings (SSSR count). The predicted molar refractivity (Wildman–Crippen MR) is 51.7 cm³/mol. The molecule has 13 heavy (non-hydrogen) atoms. The third-order valence-electron chi connectivity index (χ3n) is 1.42. The third kappa shape index (κ3) is 3.01. The van der Waals surface area contributed by atoms with Crippen LogP contribution in [0.4, 0.5) is 5.82 Å². The van der Waals surface area contributed by atoms with E-state index in [9.17, 15) is 0 Å². The highest BCUT2D eigenvalue weighted by Crippen LogP contribution is 2.07. The normalized spacial score (nSPS) is 12.2. The van der Waals surface area contributed by atoms with E-state index in [-0.39, 0.29) is 12.6 Å². The first-order valence-corrected chi connectivity index (χ1v) is 4.11. The lowest BCUT2D eigenvalue weighted by Gasteiger charge is -2.11. The molecule has 0 bridgehead atoms. The molecular formula is C8H10ClN3O. The largest absolute Gasteiger partial charge is 0.394 e. The van der Waals surface area contributed by atoms with Gasteiger partial charge in [0.05, 0.1) is 25.0 Å². The lowest BCUT2D eigenvalue weighted by molar-refractivity contribution is 0.290. The standard InChI is InChI=1S/C8H10ClN3O/c1-2-6(5-13)11-8-4-10-3-7(9)12-8/h2-4,6,13H,1,5H2,(H,11,12). The molecule has 2 N–H and O–H groups in total. The smallest absolute Gasteiger partial charge is 0.149 e. The summed E-state index contributed by atoms with van der Waals surface area (Å²) >= 11 is 5.61. The lowest BCUT2D eigenvalue weighted by atomic mass is 10.3. The zero-order valence-corrected chi connectivity index (χ0v) is 7.70. The van der Waals surface area contributed by atoms with Gasteiger partial charge in [0, 0.05) is 0 Å². The number of nitrogens with one attached hydrogen (secondary N) is 1. The van der Waals surface area contributed by atoms with Crippen molar-refractivity contribution in [1.82, 2.24) is 9.97 Å². The average molecular weight is 200 g/mol. The van der Waals surface area contributed by atoms with Gasteiger partial charge in [-0.1, -0.05) is 17.7 Å². The molecule has 1 aromatic heterocycles. The van der Waals surface area contributed by atoms with Crippen LogP contribution in [0.2, 0.25) is 5.15 Å². The second-order valence-corrected chi connectivity index (χ2v) is 2.78. The summed E-state index contributed by atoms with van der Waals surface area (Å²) in [6.45, 7) is 3.50. The Morgan fingerprint density at radius 1 is 1.69 bits per heavy atom. The molecule has 0 aliphatic rings. The van der Waals surface area contributed by atoms with Gasteiger partial charge in [0.15, 0.2) is 0 Å². The molecule has 0 aliphatic heterocycles. The van der Waals surface area contributed by atoms with Crippen molar-refractivity contribution in [2.45, 2.75) is 6.04 Å². The Bertz CT molecular complexity index is 292. The summed E-state index contributed by atoms with van der Waals surface area (Å²) in [5.74, 6) is 0.520. The number of aromatic nitrogens is 2. The molecule has 1 atom stereocenters. The summed E-state index contributed by atoms with van der Waals surface area (Å²) in [5.41, 5.74) is 0. The van der Waals surface area contributed by atoms with Crippen LogP contribution in [-0.4, -0.2) is 27.7 Å². The van der Waals surface area contributed by atoms with E-state index in [1.807, 2.05) is 0 Å². The van der Waals surface area contributed by atoms with Crippen molar-refractivity contribution in [1.29, 1.82) is 0 Å². The molecule has 1 heterocycles. The zero-order valence-electron chi connectivity index (χ0n) is 6.94. The number of aliphatic hydroxyl groups is 1. The van der Waals surface area contributed by atoms with Gasteiger partial charge in [0.2, 0.25) is 0 Å². The Morgan fingerprint density at radius 2 is 2.46 bits per heavy atom. The van der Waals surface area contributed by atoms with Gasteiger partial charge in [-0.2, -0.15) is 0 Å². The highest BCUT2D eigenvalue weighted by Gasteiger charge is 2.02. The molecule has 5 heteroatoms. The average Bonchev–Trinajstić information content (AvgIpc) is 2.14. The summed E-state index contributed by atoms with van der Waals surface area (Å²) in [6.07, 6.45) is 4.55. The predicted octanol–water partition coefficient (Wildman–Crippen LogP) is 1.09. The van der Waals surface area contributed by atoms with E-state index in [0.717, 1.165) is 0 Å². The first kappa shape index (κ1) is 9.95. The highest BCUT2D eigenvalue weighted by molar-refractivity contribution is 6.29. The second kappa shape index (κ2) is 4.79. The fourth-order valence-corrected chi connectivity index (χ4v) is 0.928. The van der Waals surface area contributed by atoms with Crippen LogP contribution in [0.3, 0.4) is 0 Å². The van der Waals surface area contributed by atoms with E-state index in [1.54, 1.807) is 6.08 Å². The van der Waals surface area contributed by atoms with Gasteiger partial charge in [-0.25, -0.2) is 4.98 Å². The number of hydrogen-bond donors (Lipinski definition) is 2. The van der Waals surface area contributed by atoms with Crippen molar-refractivity contribution < 1.29 is 5.11 Å². The Kier molecular flexibility index (Phi) is 3.67. The van der Waals surface area contributed by atoms with Crippen molar-refractivity contribution >= 4 is 17.4 Å². The molecule has 0 amide bonds. The molecule has 70 valence electrons. The minimum absolute atomic E-state index is 0.0440. The molecule has 0 fully saturated rings. The number of rotatable bonds is 4. The number of nitrogens with zero attached hydrogens (tertiary/aromatic N) is 2. The van der Waals surface area contributed by atoms with E-state index in [1.165, 1.54) is 12.4 Å². The van der Waals surface area contributed by atoms with Gasteiger partial charge in [-0.15, -0.1) is 6.58 Å². The second-order valence-electron chi connectivity index (χ2n) is 2.40. The van der Waals surface area contributed by atoms with Crippen LogP contribution in [0, 0.1) is 0 Å². The first-order chi connectivity index (χ1) is 6.26. The Morgan fingerprint density at radius 3 is 3.00 bits per heavy atom. The molecule has 0 radical (unpaired) electrons. The molecule has 0 saturated heterocycles. The molecule has 1 unspecified atom stereocenters. The van der Waals surface area contributed by atoms with Crippen LogP contribution >= 0.6 is 11.6 Å². The summed E-state index contributed by atoms with van der Waals surface area (Å²) < 4.78 is 0. The summed E-state index contributed by atoms with van der Waals surface area (Å²) in [7, 11) is 0. The van der Waals surface area contributed by atoms with Gasteiger partial charge in [-0.3, -0.25) is 4.98 Å². The molecule has 1 aromatic rings. The van der Waals surface area contributed by atoms with Crippen molar-refractivity contribution in [2.75, 3.05) is 11.9 Å². The van der Waals surface area contributed by atoms with Crippen LogP contribution < -0.4 is 5.32 Å². The van der Waals surface area contributed by atoms with Crippen molar-refractivity contribution in [2.24, 2.45) is 0 Å². The van der Waals surface area contributed by atoms with E-state index in [4.69, 9.17) is 16.7 Å². The molecule has 0 aromatic carbocycles. The SMILES string of the molecule is C=CC(CO)Nc1cncc(Cl)n1. The van der Waals surface area contributed by atoms with Crippen LogP contribution in [0.1, 0.15) is 0 Å². The van der Waals surface area contributed by atoms with E-state index >= 15 is 0 Å². The Labute approximate surface area is 81.3 Å². The van der Waals surface area contributed by atoms with Crippen LogP contribution in [0.15, 0.2) is 25.0 Å². The molecular weight excluding hydrogens is 190 g/mol. The topological polar surface area (TPSA) is 58.0 Å². The summed E-state index contributed by atoms with van der Waals surface area (Å²) in [5, 5.41) is 12.0. The van der Waals surface area contributed by atoms with E-state index < -0.39 is 0 Å². The Balaban J connectivity index is 2.67. The lowest BCUT2D eigenvalue weighted by Crippen LogP contribution is -2.21. The van der Waals surface area contributed by atoms with E-state index in [0.29, 0.717) is 11.0 Å². The van der Waals surface area contributed by atoms with E-state index in [2.05, 4.69) is 21.9 Å². The number of hydrogen-bond acceptors (Lipinski definition) is 4. The van der Waals surface area contributed by atoms with Crippen LogP contribution in [-0.2, 0) is 0 Å². The van der Waals surface area contributed by atoms with Crippen molar-refractivity contribution in [3.63, 3.8) is 0 Å². The summed E-state index contributed by atoms with van der Waals surface area (Å²) in [6, 6.07) is -0.229. The quantitative estimate of drug-likeness (QED) is 0.713. The van der Waals surface area contributed by atoms with Gasteiger partial charge in [0.25, 0.3) is 0 Å². The molecule has 0 spiro atoms. The maximum Gasteiger partial charge on any atom is 0.149 e. The monoisotopic (exact) mass is 199 g/mol. The summed E-state index contributed by atoms with van der Waals surface area (Å²) in [4.78, 5) is 7.77. The Hall–Kier alpha value is -1.13. The minimum atomic E-state index is -0.229. The van der Waals surface area contributed by atoms with Gasteiger partial charge in [-0.05, 0) is 0 Å². The zero-order chi connectivity index (χ0) is 9.68. The fraction of sp³-hybridized carbons (Fsp3) is 0.250. The number of aliphatic hydroxyl groups excluding tert-OH is 1. The third-order valence-corrected chi connectivity index (χ3v) is 1.60. The number of anilines is 1.